The van der Waals surface area contributed by atoms with Gasteiger partial charge in [-0.2, -0.15) is 0 Å². The van der Waals surface area contributed by atoms with E-state index in [0.29, 0.717) is 12.5 Å². The number of aromatic nitrogens is 1. The van der Waals surface area contributed by atoms with Crippen molar-refractivity contribution in [2.45, 2.75) is 20.4 Å². The molecular weight excluding hydrogens is 401 g/mol. The Kier molecular flexibility index (Phi) is 7.28. The van der Waals surface area contributed by atoms with E-state index in [1.54, 1.807) is 6.20 Å². The fourth-order valence-corrected chi connectivity index (χ4v) is 1.99. The van der Waals surface area contributed by atoms with Crippen LogP contribution in [0, 0.1) is 13.8 Å². The van der Waals surface area contributed by atoms with Gasteiger partial charge in [0.2, 0.25) is 0 Å². The number of hydrogen-bond acceptors (Lipinski definition) is 3. The molecule has 0 aliphatic carbocycles. The zero-order valence-corrected chi connectivity index (χ0v) is 16.3. The number of benzene rings is 1. The first-order chi connectivity index (χ1) is 10.5. The first-order valence-corrected chi connectivity index (χ1v) is 7.22. The molecule has 3 N–H and O–H groups in total. The van der Waals surface area contributed by atoms with E-state index in [-0.39, 0.29) is 24.0 Å². The van der Waals surface area contributed by atoms with Crippen molar-refractivity contribution in [1.82, 2.24) is 4.98 Å². The lowest BCUT2D eigenvalue weighted by Gasteiger charge is -2.11. The molecule has 1 aromatic heterocycles. The number of nitrogens with two attached hydrogens (primary N) is 1. The minimum absolute atomic E-state index is 0. The highest BCUT2D eigenvalue weighted by molar-refractivity contribution is 14.0. The number of nitrogens with zero attached hydrogens (tertiary/aromatic N) is 3. The van der Waals surface area contributed by atoms with Crippen molar-refractivity contribution in [3.05, 3.63) is 53.2 Å². The fraction of sp³-hybridized carbons (Fsp3) is 0.294. The second-order valence-corrected chi connectivity index (χ2v) is 5.54. The van der Waals surface area contributed by atoms with Crippen LogP contribution in [-0.2, 0) is 6.54 Å². The van der Waals surface area contributed by atoms with Crippen LogP contribution < -0.4 is 16.0 Å². The average molecular weight is 425 g/mol. The Balaban J connectivity index is 0.00000264. The summed E-state index contributed by atoms with van der Waals surface area (Å²) in [5.74, 6) is 1.32. The molecule has 124 valence electrons. The van der Waals surface area contributed by atoms with Crippen molar-refractivity contribution < 1.29 is 0 Å². The van der Waals surface area contributed by atoms with Crippen molar-refractivity contribution >= 4 is 41.4 Å². The molecule has 0 bridgehead atoms. The van der Waals surface area contributed by atoms with E-state index in [1.165, 1.54) is 11.1 Å². The monoisotopic (exact) mass is 425 g/mol. The first-order valence-electron chi connectivity index (χ1n) is 7.22. The number of pyridine rings is 1. The average Bonchev–Trinajstić information content (AvgIpc) is 2.49. The maximum atomic E-state index is 5.95. The summed E-state index contributed by atoms with van der Waals surface area (Å²) in [7, 11) is 3.93. The van der Waals surface area contributed by atoms with Crippen LogP contribution in [0.2, 0.25) is 0 Å². The second kappa shape index (κ2) is 8.71. The topological polar surface area (TPSA) is 66.5 Å². The lowest BCUT2D eigenvalue weighted by molar-refractivity contribution is 1.02. The van der Waals surface area contributed by atoms with Crippen LogP contribution in [0.25, 0.3) is 0 Å². The van der Waals surface area contributed by atoms with Gasteiger partial charge < -0.3 is 16.0 Å². The SMILES string of the molecule is Cc1ccc(NC(N)=NCc2ccnc(N(C)C)c2)cc1C.I. The van der Waals surface area contributed by atoms with Gasteiger partial charge >= 0.3 is 0 Å². The van der Waals surface area contributed by atoms with E-state index in [9.17, 15) is 0 Å². The smallest absolute Gasteiger partial charge is 0.193 e. The number of aryl methyl sites for hydroxylation is 2. The van der Waals surface area contributed by atoms with Crippen LogP contribution in [-0.4, -0.2) is 25.0 Å². The van der Waals surface area contributed by atoms with Crippen LogP contribution in [0.1, 0.15) is 16.7 Å². The minimum Gasteiger partial charge on any atom is -0.370 e. The first kappa shape index (κ1) is 19.2. The number of nitrogens with one attached hydrogen (secondary N) is 1. The van der Waals surface area contributed by atoms with Gasteiger partial charge in [0.1, 0.15) is 5.82 Å². The van der Waals surface area contributed by atoms with Gasteiger partial charge in [0.15, 0.2) is 5.96 Å². The van der Waals surface area contributed by atoms with E-state index in [1.807, 2.05) is 37.2 Å². The lowest BCUT2D eigenvalue weighted by atomic mass is 10.1. The minimum atomic E-state index is 0. The Morgan fingerprint density at radius 2 is 1.91 bits per heavy atom. The summed E-state index contributed by atoms with van der Waals surface area (Å²) >= 11 is 0. The molecule has 1 heterocycles. The summed E-state index contributed by atoms with van der Waals surface area (Å²) in [6, 6.07) is 10.1. The molecule has 6 heteroatoms. The molecular formula is C17H24IN5. The third-order valence-corrected chi connectivity index (χ3v) is 3.48. The summed E-state index contributed by atoms with van der Waals surface area (Å²) in [6.07, 6.45) is 1.78. The summed E-state index contributed by atoms with van der Waals surface area (Å²) in [4.78, 5) is 10.6. The van der Waals surface area contributed by atoms with Gasteiger partial charge in [-0.25, -0.2) is 9.98 Å². The van der Waals surface area contributed by atoms with Crippen molar-refractivity contribution in [3.8, 4) is 0 Å². The normalized spacial score (nSPS) is 10.9. The van der Waals surface area contributed by atoms with Gasteiger partial charge in [-0.05, 0) is 54.8 Å². The predicted octanol–water partition coefficient (Wildman–Crippen LogP) is 3.31. The van der Waals surface area contributed by atoms with Gasteiger partial charge in [-0.1, -0.05) is 6.07 Å². The highest BCUT2D eigenvalue weighted by Crippen LogP contribution is 2.14. The Morgan fingerprint density at radius 3 is 2.57 bits per heavy atom. The molecule has 0 saturated heterocycles. The Bertz CT molecular complexity index is 682. The zero-order chi connectivity index (χ0) is 16.1. The standard InChI is InChI=1S/C17H23N5.HI/c1-12-5-6-15(9-13(12)2)21-17(18)20-11-14-7-8-19-16(10-14)22(3)4;/h5-10H,11H2,1-4H3,(H3,18,20,21);1H. The van der Waals surface area contributed by atoms with Crippen molar-refractivity contribution in [2.24, 2.45) is 10.7 Å². The van der Waals surface area contributed by atoms with Crippen molar-refractivity contribution in [1.29, 1.82) is 0 Å². The molecule has 23 heavy (non-hydrogen) atoms. The maximum absolute atomic E-state index is 5.95. The summed E-state index contributed by atoms with van der Waals surface area (Å²) < 4.78 is 0. The third-order valence-electron chi connectivity index (χ3n) is 3.48. The van der Waals surface area contributed by atoms with Crippen LogP contribution in [0.5, 0.6) is 0 Å². The number of guanidine groups is 1. The highest BCUT2D eigenvalue weighted by atomic mass is 127. The Hall–Kier alpha value is -1.83. The number of rotatable bonds is 4. The van der Waals surface area contributed by atoms with Gasteiger partial charge in [-0.15, -0.1) is 24.0 Å². The lowest BCUT2D eigenvalue weighted by Crippen LogP contribution is -2.22. The molecule has 0 aliphatic rings. The number of halogens is 1. The molecule has 0 unspecified atom stereocenters. The summed E-state index contributed by atoms with van der Waals surface area (Å²) in [6.45, 7) is 4.68. The third kappa shape index (κ3) is 5.70. The van der Waals surface area contributed by atoms with Crippen molar-refractivity contribution in [3.63, 3.8) is 0 Å². The molecule has 0 amide bonds. The van der Waals surface area contributed by atoms with Crippen LogP contribution in [0.3, 0.4) is 0 Å². The number of hydrogen-bond donors (Lipinski definition) is 2. The van der Waals surface area contributed by atoms with E-state index in [2.05, 4.69) is 41.3 Å². The number of aliphatic imine (C=N–C) groups is 1. The number of anilines is 2. The molecule has 0 spiro atoms. The van der Waals surface area contributed by atoms with Crippen LogP contribution in [0.4, 0.5) is 11.5 Å². The largest absolute Gasteiger partial charge is 0.370 e. The molecule has 0 fully saturated rings. The Labute approximate surface area is 155 Å². The van der Waals surface area contributed by atoms with Gasteiger partial charge in [0.05, 0.1) is 6.54 Å². The molecule has 0 radical (unpaired) electrons. The van der Waals surface area contributed by atoms with Gasteiger partial charge in [0.25, 0.3) is 0 Å². The molecule has 2 rings (SSSR count). The zero-order valence-electron chi connectivity index (χ0n) is 14.0. The molecule has 0 aliphatic heterocycles. The van der Waals surface area contributed by atoms with Crippen molar-refractivity contribution in [2.75, 3.05) is 24.3 Å². The molecule has 0 atom stereocenters. The molecule has 0 saturated carbocycles. The van der Waals surface area contributed by atoms with E-state index >= 15 is 0 Å². The maximum Gasteiger partial charge on any atom is 0.193 e. The van der Waals surface area contributed by atoms with Gasteiger partial charge in [-0.3, -0.25) is 0 Å². The summed E-state index contributed by atoms with van der Waals surface area (Å²) in [5, 5.41) is 3.12. The van der Waals surface area contributed by atoms with Crippen LogP contribution >= 0.6 is 24.0 Å². The van der Waals surface area contributed by atoms with Crippen LogP contribution in [0.15, 0.2) is 41.5 Å². The molecule has 5 nitrogen and oxygen atoms in total. The molecule has 1 aromatic carbocycles. The van der Waals surface area contributed by atoms with E-state index < -0.39 is 0 Å². The quantitative estimate of drug-likeness (QED) is 0.448. The summed E-state index contributed by atoms with van der Waals surface area (Å²) in [5.41, 5.74) is 10.5. The van der Waals surface area contributed by atoms with Gasteiger partial charge in [0, 0.05) is 26.0 Å². The predicted molar refractivity (Wildman–Crippen MR) is 109 cm³/mol. The fourth-order valence-electron chi connectivity index (χ4n) is 1.99. The van der Waals surface area contributed by atoms with E-state index in [4.69, 9.17) is 5.73 Å². The highest BCUT2D eigenvalue weighted by Gasteiger charge is 2.00. The molecule has 2 aromatic rings. The van der Waals surface area contributed by atoms with E-state index in [0.717, 1.165) is 17.1 Å². The second-order valence-electron chi connectivity index (χ2n) is 5.54. The Morgan fingerprint density at radius 1 is 1.17 bits per heavy atom.